The molecule has 4 atom stereocenters. The van der Waals surface area contributed by atoms with Gasteiger partial charge in [0.05, 0.1) is 11.6 Å². The van der Waals surface area contributed by atoms with Crippen LogP contribution < -0.4 is 0 Å². The van der Waals surface area contributed by atoms with Crippen LogP contribution in [0, 0.1) is 11.8 Å². The van der Waals surface area contributed by atoms with Crippen LogP contribution >= 0.6 is 0 Å². The lowest BCUT2D eigenvalue weighted by Gasteiger charge is -2.36. The summed E-state index contributed by atoms with van der Waals surface area (Å²) >= 11 is 0. The number of amides is 1. The minimum Gasteiger partial charge on any atom is -0.364 e. The van der Waals surface area contributed by atoms with Crippen LogP contribution in [0.3, 0.4) is 0 Å². The number of likely N-dealkylation sites (tertiary alicyclic amines) is 1. The van der Waals surface area contributed by atoms with Crippen molar-refractivity contribution in [2.24, 2.45) is 11.8 Å². The van der Waals surface area contributed by atoms with Gasteiger partial charge < -0.3 is 9.64 Å². The zero-order chi connectivity index (χ0) is 17.4. The third kappa shape index (κ3) is 3.19. The van der Waals surface area contributed by atoms with E-state index < -0.39 is 0 Å². The highest BCUT2D eigenvalue weighted by molar-refractivity contribution is 5.82. The van der Waals surface area contributed by atoms with Crippen LogP contribution in [0.5, 0.6) is 0 Å². The highest BCUT2D eigenvalue weighted by atomic mass is 16.6. The van der Waals surface area contributed by atoms with Crippen molar-refractivity contribution in [1.82, 2.24) is 9.88 Å². The molecule has 0 aliphatic carbocycles. The summed E-state index contributed by atoms with van der Waals surface area (Å²) in [6, 6.07) is 10.3. The molecule has 1 aromatic carbocycles. The summed E-state index contributed by atoms with van der Waals surface area (Å²) in [4.78, 5) is 18.0. The van der Waals surface area contributed by atoms with Gasteiger partial charge in [-0.05, 0) is 42.4 Å². The highest BCUT2D eigenvalue weighted by Crippen LogP contribution is 2.46. The standard InChI is InChI=1S/C21H24N2O2/c1-3-15-13-23(14(2)24)11-9-16(15)12-20-21(25-20)18-8-10-22-19-7-5-4-6-17(18)19/h3-8,10,15-16,20-21H,1,9,11-13H2,2H3/t15-,16?,20?,21?/m0/s1. The number of ether oxygens (including phenoxy) is 1. The number of pyridine rings is 1. The van der Waals surface area contributed by atoms with Crippen molar-refractivity contribution >= 4 is 16.8 Å². The Bertz CT molecular complexity index is 798. The molecule has 25 heavy (non-hydrogen) atoms. The predicted octanol–water partition coefficient (Wildman–Crippen LogP) is 3.74. The second-order valence-electron chi connectivity index (χ2n) is 7.16. The van der Waals surface area contributed by atoms with E-state index in [0.29, 0.717) is 11.8 Å². The van der Waals surface area contributed by atoms with Crippen LogP contribution in [0.25, 0.3) is 10.9 Å². The fourth-order valence-electron chi connectivity index (χ4n) is 4.14. The van der Waals surface area contributed by atoms with Gasteiger partial charge in [0.2, 0.25) is 5.91 Å². The molecule has 130 valence electrons. The van der Waals surface area contributed by atoms with Gasteiger partial charge in [-0.2, -0.15) is 0 Å². The van der Waals surface area contributed by atoms with Crippen molar-refractivity contribution in [1.29, 1.82) is 0 Å². The fraction of sp³-hybridized carbons (Fsp3) is 0.429. The first-order valence-corrected chi connectivity index (χ1v) is 9.04. The van der Waals surface area contributed by atoms with Gasteiger partial charge in [0, 0.05) is 31.6 Å². The Hall–Kier alpha value is -2.20. The molecule has 3 unspecified atom stereocenters. The normalized spacial score (nSPS) is 28.8. The summed E-state index contributed by atoms with van der Waals surface area (Å²) < 4.78 is 6.04. The molecule has 2 aromatic rings. The van der Waals surface area contributed by atoms with Gasteiger partial charge in [0.15, 0.2) is 0 Å². The van der Waals surface area contributed by atoms with Gasteiger partial charge >= 0.3 is 0 Å². The van der Waals surface area contributed by atoms with E-state index in [-0.39, 0.29) is 18.1 Å². The van der Waals surface area contributed by atoms with Crippen LogP contribution in [0.4, 0.5) is 0 Å². The first kappa shape index (κ1) is 16.3. The summed E-state index contributed by atoms with van der Waals surface area (Å²) in [7, 11) is 0. The largest absolute Gasteiger partial charge is 0.364 e. The molecule has 4 heteroatoms. The molecular formula is C21H24N2O2. The Labute approximate surface area is 148 Å². The first-order chi connectivity index (χ1) is 12.2. The Kier molecular flexibility index (Phi) is 4.30. The first-order valence-electron chi connectivity index (χ1n) is 9.04. The molecule has 4 nitrogen and oxygen atoms in total. The minimum absolute atomic E-state index is 0.161. The van der Waals surface area contributed by atoms with Crippen molar-refractivity contribution in [3.63, 3.8) is 0 Å². The van der Waals surface area contributed by atoms with Crippen molar-refractivity contribution in [2.75, 3.05) is 13.1 Å². The third-order valence-corrected chi connectivity index (χ3v) is 5.66. The van der Waals surface area contributed by atoms with Crippen molar-refractivity contribution in [3.05, 3.63) is 54.7 Å². The van der Waals surface area contributed by atoms with E-state index in [1.54, 1.807) is 6.92 Å². The van der Waals surface area contributed by atoms with E-state index in [4.69, 9.17) is 4.74 Å². The second-order valence-corrected chi connectivity index (χ2v) is 7.16. The number of carbonyl (C=O) groups is 1. The lowest BCUT2D eigenvalue weighted by molar-refractivity contribution is -0.131. The number of aromatic nitrogens is 1. The van der Waals surface area contributed by atoms with Gasteiger partial charge in [0.25, 0.3) is 0 Å². The topological polar surface area (TPSA) is 45.7 Å². The van der Waals surface area contributed by atoms with Gasteiger partial charge in [-0.3, -0.25) is 9.78 Å². The maximum atomic E-state index is 11.6. The summed E-state index contributed by atoms with van der Waals surface area (Å²) in [5, 5.41) is 1.18. The summed E-state index contributed by atoms with van der Waals surface area (Å²) in [6.07, 6.45) is 6.38. The zero-order valence-corrected chi connectivity index (χ0v) is 14.6. The summed E-state index contributed by atoms with van der Waals surface area (Å²) in [5.41, 5.74) is 2.26. The van der Waals surface area contributed by atoms with Crippen LogP contribution in [-0.4, -0.2) is 35.0 Å². The molecule has 0 radical (unpaired) electrons. The van der Waals surface area contributed by atoms with Crippen molar-refractivity contribution in [3.8, 4) is 0 Å². The SMILES string of the molecule is C=C[C@H]1CN(C(C)=O)CCC1CC1OC1c1ccnc2ccccc12. The Balaban J connectivity index is 1.45. The molecule has 1 aromatic heterocycles. The van der Waals surface area contributed by atoms with Gasteiger partial charge in [-0.1, -0.05) is 24.3 Å². The fourth-order valence-corrected chi connectivity index (χ4v) is 4.14. The molecule has 2 aliphatic rings. The van der Waals surface area contributed by atoms with E-state index in [1.807, 2.05) is 29.3 Å². The number of piperidine rings is 1. The van der Waals surface area contributed by atoms with E-state index in [9.17, 15) is 4.79 Å². The number of hydrogen-bond acceptors (Lipinski definition) is 3. The molecule has 0 bridgehead atoms. The number of nitrogens with zero attached hydrogens (tertiary/aromatic N) is 2. The minimum atomic E-state index is 0.161. The van der Waals surface area contributed by atoms with Crippen LogP contribution in [0.2, 0.25) is 0 Å². The van der Waals surface area contributed by atoms with E-state index in [0.717, 1.165) is 31.4 Å². The smallest absolute Gasteiger partial charge is 0.219 e. The van der Waals surface area contributed by atoms with Gasteiger partial charge in [-0.25, -0.2) is 0 Å². The Morgan fingerprint density at radius 3 is 3.04 bits per heavy atom. The molecule has 0 N–H and O–H groups in total. The maximum absolute atomic E-state index is 11.6. The van der Waals surface area contributed by atoms with Gasteiger partial charge in [-0.15, -0.1) is 6.58 Å². The predicted molar refractivity (Wildman–Crippen MR) is 98.0 cm³/mol. The average molecular weight is 336 g/mol. The molecule has 3 heterocycles. The summed E-state index contributed by atoms with van der Waals surface area (Å²) in [6.45, 7) is 7.27. The Morgan fingerprint density at radius 2 is 2.24 bits per heavy atom. The summed E-state index contributed by atoms with van der Waals surface area (Å²) in [5.74, 6) is 1.06. The lowest BCUT2D eigenvalue weighted by atomic mass is 9.81. The van der Waals surface area contributed by atoms with Crippen LogP contribution in [-0.2, 0) is 9.53 Å². The molecule has 4 rings (SSSR count). The average Bonchev–Trinajstić information content (AvgIpc) is 3.40. The zero-order valence-electron chi connectivity index (χ0n) is 14.6. The molecule has 0 saturated carbocycles. The van der Waals surface area contributed by atoms with Crippen molar-refractivity contribution < 1.29 is 9.53 Å². The number of para-hydroxylation sites is 1. The van der Waals surface area contributed by atoms with Crippen molar-refractivity contribution in [2.45, 2.75) is 32.0 Å². The number of hydrogen-bond donors (Lipinski definition) is 0. The molecule has 1 amide bonds. The number of benzene rings is 1. The van der Waals surface area contributed by atoms with Gasteiger partial charge in [0.1, 0.15) is 6.10 Å². The number of epoxide rings is 1. The Morgan fingerprint density at radius 1 is 1.40 bits per heavy atom. The quantitative estimate of drug-likeness (QED) is 0.631. The van der Waals surface area contributed by atoms with E-state index in [2.05, 4.69) is 29.8 Å². The highest BCUT2D eigenvalue weighted by Gasteiger charge is 2.44. The number of fused-ring (bicyclic) bond motifs is 1. The molecule has 2 aliphatic heterocycles. The molecule has 2 saturated heterocycles. The molecule has 2 fully saturated rings. The third-order valence-electron chi connectivity index (χ3n) is 5.66. The maximum Gasteiger partial charge on any atom is 0.219 e. The number of carbonyl (C=O) groups excluding carboxylic acids is 1. The molecule has 0 spiro atoms. The second kappa shape index (κ2) is 6.60. The van der Waals surface area contributed by atoms with Crippen LogP contribution in [0.15, 0.2) is 49.2 Å². The monoisotopic (exact) mass is 336 g/mol. The lowest BCUT2D eigenvalue weighted by Crippen LogP contribution is -2.42. The molecular weight excluding hydrogens is 312 g/mol. The van der Waals surface area contributed by atoms with E-state index in [1.165, 1.54) is 10.9 Å². The van der Waals surface area contributed by atoms with E-state index >= 15 is 0 Å². The number of rotatable bonds is 4. The van der Waals surface area contributed by atoms with Crippen LogP contribution in [0.1, 0.15) is 31.4 Å².